The van der Waals surface area contributed by atoms with E-state index in [9.17, 15) is 4.79 Å². The van der Waals surface area contributed by atoms with Crippen LogP contribution in [0.25, 0.3) is 22.0 Å². The summed E-state index contributed by atoms with van der Waals surface area (Å²) in [5.74, 6) is 3.22. The summed E-state index contributed by atoms with van der Waals surface area (Å²) in [6.45, 7) is 3.95. The summed E-state index contributed by atoms with van der Waals surface area (Å²) >= 11 is 1.63. The summed E-state index contributed by atoms with van der Waals surface area (Å²) in [7, 11) is 1.70. The highest BCUT2D eigenvalue weighted by atomic mass is 32.1. The number of aliphatic hydroxyl groups is 1. The third-order valence-corrected chi connectivity index (χ3v) is 4.64. The number of aryl methyl sites for hydroxylation is 1. The van der Waals surface area contributed by atoms with Crippen LogP contribution in [0.5, 0.6) is 0 Å². The van der Waals surface area contributed by atoms with Gasteiger partial charge >= 0.3 is 0 Å². The van der Waals surface area contributed by atoms with Crippen molar-refractivity contribution < 1.29 is 9.90 Å². The lowest BCUT2D eigenvalue weighted by Gasteiger charge is -2.11. The Morgan fingerprint density at radius 2 is 1.93 bits per heavy atom. The van der Waals surface area contributed by atoms with E-state index in [1.807, 2.05) is 36.6 Å². The zero-order chi connectivity index (χ0) is 20.4. The van der Waals surface area contributed by atoms with Crippen molar-refractivity contribution in [2.24, 2.45) is 0 Å². The molecule has 0 aliphatic carbocycles. The number of thiazole rings is 1. The van der Waals surface area contributed by atoms with Gasteiger partial charge < -0.3 is 10.0 Å². The number of hydrogen-bond acceptors (Lipinski definition) is 6. The molecule has 0 bridgehead atoms. The van der Waals surface area contributed by atoms with Crippen molar-refractivity contribution in [2.45, 2.75) is 20.3 Å². The van der Waals surface area contributed by atoms with Gasteiger partial charge in [-0.1, -0.05) is 36.3 Å². The van der Waals surface area contributed by atoms with Crippen molar-refractivity contribution in [2.75, 3.05) is 13.6 Å². The fraction of sp³-hybridized carbons (Fsp3) is 0.238. The highest BCUT2D eigenvalue weighted by Gasteiger charge is 2.07. The molecule has 0 saturated heterocycles. The number of amides is 1. The van der Waals surface area contributed by atoms with E-state index in [2.05, 4.69) is 33.0 Å². The Hall–Kier alpha value is -3.24. The molecular weight excluding hydrogens is 372 g/mol. The van der Waals surface area contributed by atoms with Crippen LogP contribution in [0.1, 0.15) is 19.2 Å². The first kappa shape index (κ1) is 21.1. The molecule has 6 nitrogen and oxygen atoms in total. The maximum atomic E-state index is 10.6. The number of carbonyl (C=O) groups excluding carboxylic acids is 1. The summed E-state index contributed by atoms with van der Waals surface area (Å²) < 4.78 is 0. The summed E-state index contributed by atoms with van der Waals surface area (Å²) in [5, 5.41) is 11.1. The molecule has 1 amide bonds. The van der Waals surface area contributed by atoms with Gasteiger partial charge in [0.25, 0.3) is 0 Å². The standard InChI is InChI=1S/C14H11N3S.C7H11NO2/c1-10-15-8-7-12(16-10)13-9-18-14(17-13)11-5-3-2-4-6-11;1-7(10)8(2)5-3-4-6-9/h2-9H,1H3;9H,3,5H2,1-2H3. The van der Waals surface area contributed by atoms with E-state index < -0.39 is 0 Å². The molecule has 0 fully saturated rings. The predicted octanol–water partition coefficient (Wildman–Crippen LogP) is 3.76. The number of benzene rings is 1. The number of rotatable bonds is 4. The number of nitrogens with zero attached hydrogens (tertiary/aromatic N) is 4. The van der Waals surface area contributed by atoms with Gasteiger partial charge in [0.1, 0.15) is 22.6 Å². The zero-order valence-corrected chi connectivity index (χ0v) is 16.9. The van der Waals surface area contributed by atoms with Crippen molar-refractivity contribution >= 4 is 17.2 Å². The molecular formula is C21H22N4O2S. The molecule has 0 aliphatic heterocycles. The molecule has 0 saturated carbocycles. The molecule has 0 unspecified atom stereocenters. The maximum Gasteiger partial charge on any atom is 0.219 e. The van der Waals surface area contributed by atoms with Crippen LogP contribution in [0, 0.1) is 19.0 Å². The molecule has 0 radical (unpaired) electrons. The van der Waals surface area contributed by atoms with Gasteiger partial charge in [-0.25, -0.2) is 15.0 Å². The van der Waals surface area contributed by atoms with E-state index in [4.69, 9.17) is 5.11 Å². The van der Waals surface area contributed by atoms with Crippen molar-refractivity contribution in [3.05, 3.63) is 53.8 Å². The molecule has 1 aromatic carbocycles. The number of carbonyl (C=O) groups is 1. The average Bonchev–Trinajstić information content (AvgIpc) is 3.19. The van der Waals surface area contributed by atoms with Crippen LogP contribution in [-0.4, -0.2) is 44.5 Å². The van der Waals surface area contributed by atoms with Crippen LogP contribution in [0.3, 0.4) is 0 Å². The fourth-order valence-electron chi connectivity index (χ4n) is 2.14. The van der Waals surface area contributed by atoms with E-state index in [-0.39, 0.29) is 5.91 Å². The predicted molar refractivity (Wildman–Crippen MR) is 111 cm³/mol. The van der Waals surface area contributed by atoms with Crippen molar-refractivity contribution in [3.8, 4) is 34.0 Å². The van der Waals surface area contributed by atoms with Crippen molar-refractivity contribution in [1.29, 1.82) is 0 Å². The van der Waals surface area contributed by atoms with E-state index in [1.165, 1.54) is 6.92 Å². The van der Waals surface area contributed by atoms with Gasteiger partial charge in [-0.3, -0.25) is 4.79 Å². The summed E-state index contributed by atoms with van der Waals surface area (Å²) in [6.07, 6.45) is 4.06. The SMILES string of the molecule is CC(=O)N(C)CCC#CO.Cc1nccc(-c2csc(-c3ccccc3)n2)n1. The minimum atomic E-state index is 0.0136. The fourth-order valence-corrected chi connectivity index (χ4v) is 2.96. The van der Waals surface area contributed by atoms with Gasteiger partial charge in [-0.2, -0.15) is 0 Å². The van der Waals surface area contributed by atoms with Crippen LogP contribution in [-0.2, 0) is 4.79 Å². The lowest BCUT2D eigenvalue weighted by molar-refractivity contribution is -0.127. The van der Waals surface area contributed by atoms with Crippen LogP contribution in [0.15, 0.2) is 48.0 Å². The molecule has 7 heteroatoms. The first-order chi connectivity index (χ1) is 13.5. The van der Waals surface area contributed by atoms with E-state index in [0.29, 0.717) is 13.0 Å². The smallest absolute Gasteiger partial charge is 0.219 e. The molecule has 2 heterocycles. The van der Waals surface area contributed by atoms with Crippen LogP contribution < -0.4 is 0 Å². The molecule has 0 aliphatic rings. The number of aromatic nitrogens is 3. The lowest BCUT2D eigenvalue weighted by Crippen LogP contribution is -2.24. The highest BCUT2D eigenvalue weighted by molar-refractivity contribution is 7.13. The first-order valence-corrected chi connectivity index (χ1v) is 9.54. The monoisotopic (exact) mass is 394 g/mol. The van der Waals surface area contributed by atoms with Gasteiger partial charge in [0.2, 0.25) is 5.91 Å². The number of hydrogen-bond donors (Lipinski definition) is 1. The van der Waals surface area contributed by atoms with E-state index in [1.54, 1.807) is 35.6 Å². The highest BCUT2D eigenvalue weighted by Crippen LogP contribution is 2.27. The third kappa shape index (κ3) is 6.49. The second-order valence-corrected chi connectivity index (χ2v) is 6.73. The second-order valence-electron chi connectivity index (χ2n) is 5.87. The Balaban J connectivity index is 0.000000242. The summed E-state index contributed by atoms with van der Waals surface area (Å²) in [5.41, 5.74) is 2.92. The largest absolute Gasteiger partial charge is 0.462 e. The Kier molecular flexibility index (Phi) is 8.12. The van der Waals surface area contributed by atoms with Crippen LogP contribution >= 0.6 is 11.3 Å². The normalized spacial score (nSPS) is 9.54. The van der Waals surface area contributed by atoms with Gasteiger partial charge in [0.15, 0.2) is 0 Å². The molecule has 2 aromatic heterocycles. The van der Waals surface area contributed by atoms with Gasteiger partial charge in [0.05, 0.1) is 5.69 Å². The molecule has 144 valence electrons. The minimum absolute atomic E-state index is 0.0136. The quantitative estimate of drug-likeness (QED) is 0.682. The van der Waals surface area contributed by atoms with Gasteiger partial charge in [-0.15, -0.1) is 11.3 Å². The van der Waals surface area contributed by atoms with E-state index in [0.717, 1.165) is 27.8 Å². The molecule has 3 rings (SSSR count). The molecule has 0 atom stereocenters. The Labute approximate surface area is 168 Å². The molecule has 1 N–H and O–H groups in total. The molecule has 3 aromatic rings. The second kappa shape index (κ2) is 10.8. The van der Waals surface area contributed by atoms with Crippen molar-refractivity contribution in [3.63, 3.8) is 0 Å². The first-order valence-electron chi connectivity index (χ1n) is 8.66. The Bertz CT molecular complexity index is 961. The zero-order valence-electron chi connectivity index (χ0n) is 16.1. The van der Waals surface area contributed by atoms with E-state index >= 15 is 0 Å². The van der Waals surface area contributed by atoms with Crippen LogP contribution in [0.4, 0.5) is 0 Å². The Morgan fingerprint density at radius 1 is 1.18 bits per heavy atom. The topological polar surface area (TPSA) is 79.2 Å². The third-order valence-electron chi connectivity index (χ3n) is 3.75. The summed E-state index contributed by atoms with van der Waals surface area (Å²) in [4.78, 5) is 25.2. The Morgan fingerprint density at radius 3 is 2.57 bits per heavy atom. The number of aliphatic hydroxyl groups excluding tert-OH is 1. The molecule has 0 spiro atoms. The lowest BCUT2D eigenvalue weighted by atomic mass is 10.2. The van der Waals surface area contributed by atoms with Crippen molar-refractivity contribution in [1.82, 2.24) is 19.9 Å². The average molecular weight is 395 g/mol. The molecule has 28 heavy (non-hydrogen) atoms. The van der Waals surface area contributed by atoms with Crippen LogP contribution in [0.2, 0.25) is 0 Å². The minimum Gasteiger partial charge on any atom is -0.462 e. The van der Waals surface area contributed by atoms with Gasteiger partial charge in [0, 0.05) is 44.1 Å². The maximum absolute atomic E-state index is 10.6. The van der Waals surface area contributed by atoms with Gasteiger partial charge in [-0.05, 0) is 13.0 Å². The summed E-state index contributed by atoms with van der Waals surface area (Å²) in [6, 6.07) is 12.1.